The van der Waals surface area contributed by atoms with Crippen LogP contribution in [-0.4, -0.2) is 11.6 Å². The maximum Gasteiger partial charge on any atom is 0.163 e. The van der Waals surface area contributed by atoms with Gasteiger partial charge >= 0.3 is 0 Å². The highest BCUT2D eigenvalue weighted by Gasteiger charge is 2.15. The monoisotopic (exact) mass is 294 g/mol. The van der Waals surface area contributed by atoms with Crippen LogP contribution in [0.4, 0.5) is 0 Å². The van der Waals surface area contributed by atoms with E-state index in [4.69, 9.17) is 0 Å². The number of aryl methyl sites for hydroxylation is 2. The van der Waals surface area contributed by atoms with Crippen LogP contribution in [0.2, 0.25) is 0 Å². The molecule has 114 valence electrons. The smallest absolute Gasteiger partial charge is 0.163 e. The Labute approximate surface area is 131 Å². The van der Waals surface area contributed by atoms with E-state index < -0.39 is 0 Å². The van der Waals surface area contributed by atoms with Crippen molar-refractivity contribution in [3.8, 4) is 0 Å². The lowest BCUT2D eigenvalue weighted by atomic mass is 9.89. The lowest BCUT2D eigenvalue weighted by Gasteiger charge is -2.16. The van der Waals surface area contributed by atoms with Gasteiger partial charge in [-0.15, -0.1) is 0 Å². The average Bonchev–Trinajstić information content (AvgIpc) is 2.59. The summed E-state index contributed by atoms with van der Waals surface area (Å²) in [5.41, 5.74) is 4.24. The first-order valence-corrected chi connectivity index (χ1v) is 8.29. The highest BCUT2D eigenvalue weighted by Crippen LogP contribution is 2.23. The maximum absolute atomic E-state index is 12.3. The number of Topliss-reactive ketones (excluding diaryl/α,β-unsaturated/α-hetero) is 2. The molecule has 0 radical (unpaired) electrons. The normalized spacial score (nSPS) is 16.8. The van der Waals surface area contributed by atoms with Crippen LogP contribution < -0.4 is 0 Å². The van der Waals surface area contributed by atoms with E-state index in [9.17, 15) is 9.59 Å². The fraction of sp³-hybridized carbons (Fsp3) is 0.400. The van der Waals surface area contributed by atoms with E-state index in [1.165, 1.54) is 24.0 Å². The first kappa shape index (κ1) is 15.0. The van der Waals surface area contributed by atoms with Gasteiger partial charge in [0.1, 0.15) is 0 Å². The zero-order valence-electron chi connectivity index (χ0n) is 12.9. The molecule has 0 fully saturated rings. The molecule has 0 amide bonds. The van der Waals surface area contributed by atoms with Crippen LogP contribution in [0.15, 0.2) is 42.0 Å². The van der Waals surface area contributed by atoms with Crippen molar-refractivity contribution in [3.63, 3.8) is 0 Å². The minimum Gasteiger partial charge on any atom is -0.294 e. The van der Waals surface area contributed by atoms with Gasteiger partial charge in [0, 0.05) is 24.0 Å². The molecule has 1 aromatic carbocycles. The molecule has 0 heterocycles. The highest BCUT2D eigenvalue weighted by atomic mass is 16.1. The summed E-state index contributed by atoms with van der Waals surface area (Å²) in [7, 11) is 0. The van der Waals surface area contributed by atoms with Crippen LogP contribution >= 0.6 is 0 Å². The van der Waals surface area contributed by atoms with E-state index in [1.54, 1.807) is 0 Å². The number of benzene rings is 1. The third-order valence-electron chi connectivity index (χ3n) is 4.57. The van der Waals surface area contributed by atoms with Crippen molar-refractivity contribution in [1.29, 1.82) is 0 Å². The largest absolute Gasteiger partial charge is 0.294 e. The van der Waals surface area contributed by atoms with E-state index in [2.05, 4.69) is 6.07 Å². The van der Waals surface area contributed by atoms with Gasteiger partial charge in [-0.3, -0.25) is 9.59 Å². The summed E-state index contributed by atoms with van der Waals surface area (Å²) in [6, 6.07) is 6.06. The number of fused-ring (bicyclic) bond motifs is 1. The van der Waals surface area contributed by atoms with Crippen molar-refractivity contribution < 1.29 is 9.59 Å². The zero-order chi connectivity index (χ0) is 15.4. The summed E-state index contributed by atoms with van der Waals surface area (Å²) < 4.78 is 0. The molecule has 0 atom stereocenters. The molecule has 0 N–H and O–H groups in total. The van der Waals surface area contributed by atoms with E-state index in [0.717, 1.165) is 36.8 Å². The SMILES string of the molecule is O=C(CCC(=O)c1ccc2c(c1)CCCC2)C1=CCCC=C1. The number of hydrogen-bond donors (Lipinski definition) is 0. The van der Waals surface area contributed by atoms with Gasteiger partial charge in [-0.2, -0.15) is 0 Å². The Morgan fingerprint density at radius 1 is 0.909 bits per heavy atom. The van der Waals surface area contributed by atoms with E-state index in [1.807, 2.05) is 30.4 Å². The Kier molecular flexibility index (Phi) is 4.67. The van der Waals surface area contributed by atoms with Crippen molar-refractivity contribution >= 4 is 11.6 Å². The third kappa shape index (κ3) is 3.44. The molecular weight excluding hydrogens is 272 g/mol. The molecule has 2 aliphatic carbocycles. The Morgan fingerprint density at radius 3 is 2.45 bits per heavy atom. The molecule has 1 aromatic rings. The van der Waals surface area contributed by atoms with Crippen LogP contribution in [0.1, 0.15) is 60.0 Å². The molecule has 0 aromatic heterocycles. The molecule has 0 bridgehead atoms. The van der Waals surface area contributed by atoms with Gasteiger partial charge in [-0.05, 0) is 55.7 Å². The first-order chi connectivity index (χ1) is 10.7. The van der Waals surface area contributed by atoms with Crippen molar-refractivity contribution in [1.82, 2.24) is 0 Å². The number of carbonyl (C=O) groups is 2. The lowest BCUT2D eigenvalue weighted by Crippen LogP contribution is -2.09. The van der Waals surface area contributed by atoms with Crippen LogP contribution in [0.5, 0.6) is 0 Å². The molecule has 2 aliphatic rings. The van der Waals surface area contributed by atoms with Gasteiger partial charge < -0.3 is 0 Å². The van der Waals surface area contributed by atoms with Gasteiger partial charge in [-0.1, -0.05) is 30.4 Å². The number of ketones is 2. The van der Waals surface area contributed by atoms with Crippen molar-refractivity contribution in [2.24, 2.45) is 0 Å². The summed E-state index contributed by atoms with van der Waals surface area (Å²) >= 11 is 0. The van der Waals surface area contributed by atoms with Crippen LogP contribution in [0.25, 0.3) is 0 Å². The van der Waals surface area contributed by atoms with Gasteiger partial charge in [0.15, 0.2) is 11.6 Å². The predicted octanol–water partition coefficient (Wildman–Crippen LogP) is 4.37. The minimum absolute atomic E-state index is 0.0853. The average molecular weight is 294 g/mol. The second kappa shape index (κ2) is 6.87. The van der Waals surface area contributed by atoms with Gasteiger partial charge in [-0.25, -0.2) is 0 Å². The van der Waals surface area contributed by atoms with Crippen LogP contribution in [0, 0.1) is 0 Å². The minimum atomic E-state index is 0.0853. The van der Waals surface area contributed by atoms with Gasteiger partial charge in [0.2, 0.25) is 0 Å². The number of carbonyl (C=O) groups excluding carboxylic acids is 2. The number of rotatable bonds is 5. The van der Waals surface area contributed by atoms with Crippen molar-refractivity contribution in [2.75, 3.05) is 0 Å². The molecule has 22 heavy (non-hydrogen) atoms. The fourth-order valence-electron chi connectivity index (χ4n) is 3.24. The molecule has 2 heteroatoms. The summed E-state index contributed by atoms with van der Waals surface area (Å²) in [5.74, 6) is 0.171. The van der Waals surface area contributed by atoms with Gasteiger partial charge in [0.25, 0.3) is 0 Å². The fourth-order valence-corrected chi connectivity index (χ4v) is 3.24. The summed E-state index contributed by atoms with van der Waals surface area (Å²) in [4.78, 5) is 24.4. The first-order valence-electron chi connectivity index (χ1n) is 8.29. The molecule has 0 spiro atoms. The quantitative estimate of drug-likeness (QED) is 0.755. The van der Waals surface area contributed by atoms with Gasteiger partial charge in [0.05, 0.1) is 0 Å². The van der Waals surface area contributed by atoms with Crippen molar-refractivity contribution in [3.05, 3.63) is 58.7 Å². The molecular formula is C20H22O2. The summed E-state index contributed by atoms with van der Waals surface area (Å²) in [6.07, 6.45) is 13.1. The number of allylic oxidation sites excluding steroid dienone is 4. The molecule has 0 aliphatic heterocycles. The molecule has 2 nitrogen and oxygen atoms in total. The standard InChI is InChI=1S/C20H22O2/c21-19(16-7-2-1-3-8-16)12-13-20(22)18-11-10-15-6-4-5-9-17(15)14-18/h2,7-8,10-11,14H,1,3-6,9,12-13H2. The third-order valence-corrected chi connectivity index (χ3v) is 4.57. The van der Waals surface area contributed by atoms with E-state index >= 15 is 0 Å². The molecule has 0 saturated heterocycles. The van der Waals surface area contributed by atoms with E-state index in [-0.39, 0.29) is 11.6 Å². The summed E-state index contributed by atoms with van der Waals surface area (Å²) in [5, 5.41) is 0. The Balaban J connectivity index is 1.61. The Morgan fingerprint density at radius 2 is 1.68 bits per heavy atom. The lowest BCUT2D eigenvalue weighted by molar-refractivity contribution is -0.115. The molecule has 0 unspecified atom stereocenters. The second-order valence-corrected chi connectivity index (χ2v) is 6.18. The zero-order valence-corrected chi connectivity index (χ0v) is 12.9. The van der Waals surface area contributed by atoms with Crippen LogP contribution in [0.3, 0.4) is 0 Å². The Hall–Kier alpha value is -1.96. The highest BCUT2D eigenvalue weighted by molar-refractivity contribution is 6.03. The summed E-state index contributed by atoms with van der Waals surface area (Å²) in [6.45, 7) is 0. The Bertz CT molecular complexity index is 650. The predicted molar refractivity (Wildman–Crippen MR) is 88.1 cm³/mol. The second-order valence-electron chi connectivity index (χ2n) is 6.18. The molecule has 0 saturated carbocycles. The number of hydrogen-bond acceptors (Lipinski definition) is 2. The maximum atomic E-state index is 12.3. The molecule has 3 rings (SSSR count). The topological polar surface area (TPSA) is 34.1 Å². The van der Waals surface area contributed by atoms with Crippen molar-refractivity contribution in [2.45, 2.75) is 51.4 Å². The van der Waals surface area contributed by atoms with E-state index in [0.29, 0.717) is 12.8 Å². The van der Waals surface area contributed by atoms with Crippen LogP contribution in [-0.2, 0) is 17.6 Å².